The molecule has 122 valence electrons. The second-order valence-corrected chi connectivity index (χ2v) is 6.38. The third-order valence-corrected chi connectivity index (χ3v) is 4.35. The van der Waals surface area contributed by atoms with Crippen LogP contribution in [0.4, 0.5) is 17.5 Å². The van der Waals surface area contributed by atoms with Crippen LogP contribution in [0.3, 0.4) is 0 Å². The minimum Gasteiger partial charge on any atom is -0.350 e. The zero-order valence-corrected chi connectivity index (χ0v) is 15.1. The second kappa shape index (κ2) is 7.40. The summed E-state index contributed by atoms with van der Waals surface area (Å²) >= 11 is 3.51. The molecule has 0 aliphatic carbocycles. The Hall–Kier alpha value is -2.47. The van der Waals surface area contributed by atoms with Crippen molar-refractivity contribution in [2.75, 3.05) is 10.6 Å². The highest BCUT2D eigenvalue weighted by atomic mass is 79.9. The van der Waals surface area contributed by atoms with Gasteiger partial charge >= 0.3 is 0 Å². The van der Waals surface area contributed by atoms with Crippen molar-refractivity contribution in [3.8, 4) is 0 Å². The summed E-state index contributed by atoms with van der Waals surface area (Å²) in [5, 5.41) is 6.57. The molecule has 0 radical (unpaired) electrons. The van der Waals surface area contributed by atoms with Gasteiger partial charge in [-0.25, -0.2) is 4.98 Å². The third kappa shape index (κ3) is 4.29. The topological polar surface area (TPSA) is 62.7 Å². The molecule has 3 rings (SSSR count). The van der Waals surface area contributed by atoms with Gasteiger partial charge in [-0.15, -0.1) is 0 Å². The Kier molecular flexibility index (Phi) is 5.05. The van der Waals surface area contributed by atoms with Gasteiger partial charge in [0.1, 0.15) is 5.82 Å². The first kappa shape index (κ1) is 16.4. The standard InChI is InChI=1S/C18H18BrN5/c1-12-8-15(5-6-16(12)19)23-17-9-13(2)22-18(24-17)21-11-14-4-3-7-20-10-14/h3-10H,11H2,1-2H3,(H2,21,22,23,24). The van der Waals surface area contributed by atoms with Gasteiger partial charge in [-0.3, -0.25) is 4.98 Å². The van der Waals surface area contributed by atoms with Crippen LogP contribution in [0.15, 0.2) is 53.3 Å². The molecule has 3 aromatic rings. The highest BCUT2D eigenvalue weighted by molar-refractivity contribution is 9.10. The Bertz CT molecular complexity index is 836. The van der Waals surface area contributed by atoms with Gasteiger partial charge in [-0.05, 0) is 49.2 Å². The van der Waals surface area contributed by atoms with Crippen molar-refractivity contribution >= 4 is 33.4 Å². The van der Waals surface area contributed by atoms with Crippen LogP contribution < -0.4 is 10.6 Å². The van der Waals surface area contributed by atoms with Crippen molar-refractivity contribution < 1.29 is 0 Å². The molecule has 1 aromatic carbocycles. The average molecular weight is 384 g/mol. The van der Waals surface area contributed by atoms with E-state index in [9.17, 15) is 0 Å². The molecule has 6 heteroatoms. The molecular formula is C18H18BrN5. The van der Waals surface area contributed by atoms with Gasteiger partial charge in [0, 0.05) is 40.9 Å². The summed E-state index contributed by atoms with van der Waals surface area (Å²) in [6.07, 6.45) is 3.58. The molecule has 24 heavy (non-hydrogen) atoms. The fraction of sp³-hybridized carbons (Fsp3) is 0.167. The number of aryl methyl sites for hydroxylation is 2. The van der Waals surface area contributed by atoms with Gasteiger partial charge in [0.05, 0.1) is 0 Å². The smallest absolute Gasteiger partial charge is 0.225 e. The van der Waals surface area contributed by atoms with Gasteiger partial charge in [-0.2, -0.15) is 4.98 Å². The number of hydrogen-bond donors (Lipinski definition) is 2. The first-order valence-electron chi connectivity index (χ1n) is 7.62. The van der Waals surface area contributed by atoms with Crippen LogP contribution in [-0.2, 0) is 6.54 Å². The fourth-order valence-corrected chi connectivity index (χ4v) is 2.51. The van der Waals surface area contributed by atoms with Crippen molar-refractivity contribution in [3.05, 3.63) is 70.1 Å². The van der Waals surface area contributed by atoms with E-state index in [2.05, 4.69) is 54.5 Å². The van der Waals surface area contributed by atoms with E-state index in [-0.39, 0.29) is 0 Å². The van der Waals surface area contributed by atoms with Crippen molar-refractivity contribution in [3.63, 3.8) is 0 Å². The van der Waals surface area contributed by atoms with Crippen molar-refractivity contribution in [1.82, 2.24) is 15.0 Å². The van der Waals surface area contributed by atoms with E-state index in [0.717, 1.165) is 27.2 Å². The number of nitrogens with one attached hydrogen (secondary N) is 2. The minimum absolute atomic E-state index is 0.593. The summed E-state index contributed by atoms with van der Waals surface area (Å²) < 4.78 is 1.09. The molecular weight excluding hydrogens is 366 g/mol. The third-order valence-electron chi connectivity index (χ3n) is 3.46. The first-order chi connectivity index (χ1) is 11.6. The zero-order valence-electron chi connectivity index (χ0n) is 13.5. The Morgan fingerprint density at radius 3 is 2.71 bits per heavy atom. The SMILES string of the molecule is Cc1cc(Nc2ccc(Br)c(C)c2)nc(NCc2cccnc2)n1. The fourth-order valence-electron chi connectivity index (χ4n) is 2.27. The average Bonchev–Trinajstić information content (AvgIpc) is 2.57. The number of pyridine rings is 1. The number of nitrogens with zero attached hydrogens (tertiary/aromatic N) is 3. The molecule has 2 N–H and O–H groups in total. The van der Waals surface area contributed by atoms with Gasteiger partial charge in [0.25, 0.3) is 0 Å². The summed E-state index contributed by atoms with van der Waals surface area (Å²) in [6.45, 7) is 4.64. The molecule has 0 aliphatic rings. The van der Waals surface area contributed by atoms with Crippen LogP contribution in [0.1, 0.15) is 16.8 Å². The second-order valence-electron chi connectivity index (χ2n) is 5.52. The Labute approximate surface area is 149 Å². The van der Waals surface area contributed by atoms with E-state index in [0.29, 0.717) is 12.5 Å². The molecule has 0 spiro atoms. The van der Waals surface area contributed by atoms with E-state index in [4.69, 9.17) is 0 Å². The lowest BCUT2D eigenvalue weighted by atomic mass is 10.2. The zero-order chi connectivity index (χ0) is 16.9. The maximum absolute atomic E-state index is 4.53. The number of hydrogen-bond acceptors (Lipinski definition) is 5. The van der Waals surface area contributed by atoms with E-state index >= 15 is 0 Å². The molecule has 0 atom stereocenters. The van der Waals surface area contributed by atoms with Crippen LogP contribution in [0.2, 0.25) is 0 Å². The van der Waals surface area contributed by atoms with Crippen LogP contribution >= 0.6 is 15.9 Å². The maximum Gasteiger partial charge on any atom is 0.225 e. The summed E-state index contributed by atoms with van der Waals surface area (Å²) in [5.74, 6) is 1.35. The quantitative estimate of drug-likeness (QED) is 0.673. The summed E-state index contributed by atoms with van der Waals surface area (Å²) in [7, 11) is 0. The van der Waals surface area contributed by atoms with Gasteiger partial charge in [0.2, 0.25) is 5.95 Å². The predicted molar refractivity (Wildman–Crippen MR) is 100 cm³/mol. The monoisotopic (exact) mass is 383 g/mol. The van der Waals surface area contributed by atoms with Crippen LogP contribution in [0.25, 0.3) is 0 Å². The van der Waals surface area contributed by atoms with E-state index < -0.39 is 0 Å². The molecule has 0 fully saturated rings. The lowest BCUT2D eigenvalue weighted by Crippen LogP contribution is -2.06. The van der Waals surface area contributed by atoms with E-state index in [1.54, 1.807) is 6.20 Å². The molecule has 5 nitrogen and oxygen atoms in total. The van der Waals surface area contributed by atoms with Gasteiger partial charge < -0.3 is 10.6 Å². The maximum atomic E-state index is 4.53. The molecule has 0 amide bonds. The molecule has 0 unspecified atom stereocenters. The van der Waals surface area contributed by atoms with Crippen LogP contribution in [-0.4, -0.2) is 15.0 Å². The van der Waals surface area contributed by atoms with E-state index in [1.165, 1.54) is 5.56 Å². The molecule has 0 saturated carbocycles. The van der Waals surface area contributed by atoms with Gasteiger partial charge in [-0.1, -0.05) is 22.0 Å². The van der Waals surface area contributed by atoms with Crippen molar-refractivity contribution in [1.29, 1.82) is 0 Å². The number of benzene rings is 1. The number of aromatic nitrogens is 3. The number of anilines is 3. The first-order valence-corrected chi connectivity index (χ1v) is 8.41. The lowest BCUT2D eigenvalue weighted by Gasteiger charge is -2.11. The molecule has 0 bridgehead atoms. The molecule has 0 aliphatic heterocycles. The highest BCUT2D eigenvalue weighted by Crippen LogP contribution is 2.23. The Balaban J connectivity index is 1.74. The Morgan fingerprint density at radius 1 is 1.08 bits per heavy atom. The lowest BCUT2D eigenvalue weighted by molar-refractivity contribution is 1.02. The van der Waals surface area contributed by atoms with Crippen molar-refractivity contribution in [2.24, 2.45) is 0 Å². The predicted octanol–water partition coefficient (Wildman–Crippen LogP) is 4.61. The minimum atomic E-state index is 0.593. The largest absolute Gasteiger partial charge is 0.350 e. The van der Waals surface area contributed by atoms with Crippen LogP contribution in [0, 0.1) is 13.8 Å². The highest BCUT2D eigenvalue weighted by Gasteiger charge is 2.04. The van der Waals surface area contributed by atoms with Crippen molar-refractivity contribution in [2.45, 2.75) is 20.4 Å². The molecule has 2 aromatic heterocycles. The summed E-state index contributed by atoms with van der Waals surface area (Å²) in [4.78, 5) is 13.1. The van der Waals surface area contributed by atoms with E-state index in [1.807, 2.05) is 43.5 Å². The summed E-state index contributed by atoms with van der Waals surface area (Å²) in [5.41, 5.74) is 4.14. The molecule has 2 heterocycles. The van der Waals surface area contributed by atoms with Gasteiger partial charge in [0.15, 0.2) is 0 Å². The normalized spacial score (nSPS) is 10.5. The van der Waals surface area contributed by atoms with Crippen LogP contribution in [0.5, 0.6) is 0 Å². The Morgan fingerprint density at radius 2 is 1.96 bits per heavy atom. The summed E-state index contributed by atoms with van der Waals surface area (Å²) in [6, 6.07) is 12.0. The molecule has 0 saturated heterocycles. The number of rotatable bonds is 5. The number of halogens is 1.